The number of nitrogens with two attached hydrogens (primary N) is 1. The van der Waals surface area contributed by atoms with Gasteiger partial charge in [-0.1, -0.05) is 19.3 Å². The summed E-state index contributed by atoms with van der Waals surface area (Å²) in [6, 6.07) is 0. The Morgan fingerprint density at radius 2 is 2.05 bits per heavy atom. The van der Waals surface area contributed by atoms with E-state index < -0.39 is 0 Å². The summed E-state index contributed by atoms with van der Waals surface area (Å²) in [5.41, 5.74) is 6.54. The van der Waals surface area contributed by atoms with Gasteiger partial charge in [0, 0.05) is 24.3 Å². The zero-order valence-corrected chi connectivity index (χ0v) is 12.7. The van der Waals surface area contributed by atoms with Crippen molar-refractivity contribution in [3.05, 3.63) is 0 Å². The molecule has 2 heterocycles. The largest absolute Gasteiger partial charge is 0.376 e. The minimum Gasteiger partial charge on any atom is -0.376 e. The number of hydrogen-bond donors (Lipinski definition) is 1. The monoisotopic (exact) mass is 285 g/mol. The molecule has 3 aliphatic rings. The summed E-state index contributed by atoms with van der Waals surface area (Å²) in [6.45, 7) is 1.61. The Morgan fingerprint density at radius 3 is 2.79 bits per heavy atom. The third-order valence-corrected chi connectivity index (χ3v) is 6.19. The molecule has 2 saturated heterocycles. The molecule has 110 valence electrons. The summed E-state index contributed by atoms with van der Waals surface area (Å²) in [6.07, 6.45) is 9.85. The molecule has 4 heteroatoms. The van der Waals surface area contributed by atoms with E-state index in [1.807, 2.05) is 11.8 Å². The molecule has 3 fully saturated rings. The first-order chi connectivity index (χ1) is 9.20. The molecular weight excluding hydrogens is 258 g/mol. The van der Waals surface area contributed by atoms with Crippen molar-refractivity contribution in [2.75, 3.05) is 24.7 Å². The van der Waals surface area contributed by atoms with E-state index in [4.69, 9.17) is 15.2 Å². The number of rotatable bonds is 3. The summed E-state index contributed by atoms with van der Waals surface area (Å²) < 4.78 is 12.2. The second-order valence-electron chi connectivity index (χ2n) is 6.68. The van der Waals surface area contributed by atoms with Gasteiger partial charge in [0.2, 0.25) is 0 Å². The fraction of sp³-hybridized carbons (Fsp3) is 1.00. The average Bonchev–Trinajstić information content (AvgIpc) is 2.86. The van der Waals surface area contributed by atoms with Gasteiger partial charge in [0.15, 0.2) is 0 Å². The topological polar surface area (TPSA) is 44.5 Å². The molecule has 3 nitrogen and oxygen atoms in total. The lowest BCUT2D eigenvalue weighted by Crippen LogP contribution is -2.49. The second kappa shape index (κ2) is 5.92. The molecule has 1 aliphatic carbocycles. The Bertz CT molecular complexity index is 299. The summed E-state index contributed by atoms with van der Waals surface area (Å²) in [5.74, 6) is 2.40. The molecule has 0 aromatic rings. The molecule has 2 aliphatic heterocycles. The maximum Gasteiger partial charge on any atom is 0.0805 e. The van der Waals surface area contributed by atoms with E-state index in [2.05, 4.69) is 0 Å². The molecule has 0 bridgehead atoms. The van der Waals surface area contributed by atoms with E-state index in [1.54, 1.807) is 0 Å². The molecular formula is C15H27NO2S. The Balaban J connectivity index is 1.49. The summed E-state index contributed by atoms with van der Waals surface area (Å²) in [5, 5.41) is 0. The number of thioether (sulfide) groups is 1. The van der Waals surface area contributed by atoms with Crippen LogP contribution in [0.4, 0.5) is 0 Å². The highest BCUT2D eigenvalue weighted by atomic mass is 32.2. The highest BCUT2D eigenvalue weighted by molar-refractivity contribution is 7.99. The van der Waals surface area contributed by atoms with Gasteiger partial charge in [-0.2, -0.15) is 11.8 Å². The normalized spacial score (nSPS) is 38.7. The van der Waals surface area contributed by atoms with E-state index in [9.17, 15) is 0 Å². The van der Waals surface area contributed by atoms with Crippen LogP contribution in [0.25, 0.3) is 0 Å². The van der Waals surface area contributed by atoms with Crippen LogP contribution < -0.4 is 5.73 Å². The summed E-state index contributed by atoms with van der Waals surface area (Å²) in [7, 11) is 0. The number of hydrogen-bond acceptors (Lipinski definition) is 4. The zero-order chi connectivity index (χ0) is 13.2. The van der Waals surface area contributed by atoms with E-state index in [-0.39, 0.29) is 11.1 Å². The molecule has 0 radical (unpaired) electrons. The molecule has 19 heavy (non-hydrogen) atoms. The first-order valence-corrected chi connectivity index (χ1v) is 8.98. The first-order valence-electron chi connectivity index (χ1n) is 7.82. The predicted molar refractivity (Wildman–Crippen MR) is 79.6 cm³/mol. The summed E-state index contributed by atoms with van der Waals surface area (Å²) in [4.78, 5) is 0. The van der Waals surface area contributed by atoms with E-state index in [0.29, 0.717) is 6.10 Å². The lowest BCUT2D eigenvalue weighted by atomic mass is 9.83. The van der Waals surface area contributed by atoms with Gasteiger partial charge in [-0.3, -0.25) is 0 Å². The molecule has 2 atom stereocenters. The standard InChI is InChI=1S/C15H27NO2S/c16-14(5-2-1-3-6-14)11-17-13-4-8-18-15(10-13)7-9-19-12-15/h13H,1-12,16H2. The Kier molecular flexibility index (Phi) is 4.42. The van der Waals surface area contributed by atoms with Gasteiger partial charge in [0.05, 0.1) is 18.3 Å². The van der Waals surface area contributed by atoms with E-state index in [0.717, 1.165) is 44.6 Å². The molecule has 0 aromatic carbocycles. The molecule has 0 amide bonds. The quantitative estimate of drug-likeness (QED) is 0.866. The maximum atomic E-state index is 6.46. The summed E-state index contributed by atoms with van der Waals surface area (Å²) >= 11 is 2.02. The third-order valence-electron chi connectivity index (χ3n) is 4.97. The van der Waals surface area contributed by atoms with Crippen LogP contribution in [0.2, 0.25) is 0 Å². The smallest absolute Gasteiger partial charge is 0.0805 e. The predicted octanol–water partition coefficient (Wildman–Crippen LogP) is 2.72. The van der Waals surface area contributed by atoms with Gasteiger partial charge < -0.3 is 15.2 Å². The van der Waals surface area contributed by atoms with Gasteiger partial charge >= 0.3 is 0 Å². The Labute approximate surface area is 121 Å². The van der Waals surface area contributed by atoms with Gasteiger partial charge in [0.25, 0.3) is 0 Å². The second-order valence-corrected chi connectivity index (χ2v) is 7.79. The molecule has 2 unspecified atom stereocenters. The van der Waals surface area contributed by atoms with Crippen LogP contribution in [0.3, 0.4) is 0 Å². The lowest BCUT2D eigenvalue weighted by Gasteiger charge is -2.40. The van der Waals surface area contributed by atoms with Gasteiger partial charge in [-0.15, -0.1) is 0 Å². The fourth-order valence-electron chi connectivity index (χ4n) is 3.67. The van der Waals surface area contributed by atoms with Crippen LogP contribution in [0.5, 0.6) is 0 Å². The SMILES string of the molecule is NC1(COC2CCOC3(CCSC3)C2)CCCCC1. The van der Waals surface area contributed by atoms with Crippen LogP contribution in [-0.4, -0.2) is 42.0 Å². The lowest BCUT2D eigenvalue weighted by molar-refractivity contribution is -0.127. The van der Waals surface area contributed by atoms with Gasteiger partial charge in [0.1, 0.15) is 0 Å². The van der Waals surface area contributed by atoms with Crippen molar-refractivity contribution >= 4 is 11.8 Å². The van der Waals surface area contributed by atoms with Gasteiger partial charge in [-0.25, -0.2) is 0 Å². The molecule has 1 saturated carbocycles. The van der Waals surface area contributed by atoms with Gasteiger partial charge in [-0.05, 0) is 31.4 Å². The van der Waals surface area contributed by atoms with Crippen molar-refractivity contribution < 1.29 is 9.47 Å². The van der Waals surface area contributed by atoms with Crippen molar-refractivity contribution in [1.29, 1.82) is 0 Å². The van der Waals surface area contributed by atoms with Crippen LogP contribution in [0.1, 0.15) is 51.4 Å². The Hall–Kier alpha value is 0.230. The third kappa shape index (κ3) is 3.46. The van der Waals surface area contributed by atoms with Crippen LogP contribution >= 0.6 is 11.8 Å². The van der Waals surface area contributed by atoms with Crippen LogP contribution in [0, 0.1) is 0 Å². The van der Waals surface area contributed by atoms with Crippen LogP contribution in [0.15, 0.2) is 0 Å². The van der Waals surface area contributed by atoms with E-state index in [1.165, 1.54) is 31.4 Å². The first kappa shape index (κ1) is 14.2. The molecule has 0 aromatic heterocycles. The minimum absolute atomic E-state index is 0.0475. The maximum absolute atomic E-state index is 6.46. The molecule has 1 spiro atoms. The van der Waals surface area contributed by atoms with Crippen LogP contribution in [-0.2, 0) is 9.47 Å². The molecule has 3 rings (SSSR count). The molecule has 2 N–H and O–H groups in total. The fourth-order valence-corrected chi connectivity index (χ4v) is 5.05. The minimum atomic E-state index is -0.0475. The average molecular weight is 285 g/mol. The Morgan fingerprint density at radius 1 is 1.21 bits per heavy atom. The zero-order valence-electron chi connectivity index (χ0n) is 11.9. The highest BCUT2D eigenvalue weighted by Crippen LogP contribution is 2.39. The van der Waals surface area contributed by atoms with Crippen molar-refractivity contribution in [1.82, 2.24) is 0 Å². The van der Waals surface area contributed by atoms with Crippen molar-refractivity contribution in [2.45, 2.75) is 68.6 Å². The number of ether oxygens (including phenoxy) is 2. The highest BCUT2D eigenvalue weighted by Gasteiger charge is 2.41. The van der Waals surface area contributed by atoms with E-state index >= 15 is 0 Å². The van der Waals surface area contributed by atoms with Crippen molar-refractivity contribution in [3.8, 4) is 0 Å². The van der Waals surface area contributed by atoms with Crippen molar-refractivity contribution in [2.24, 2.45) is 5.73 Å². The van der Waals surface area contributed by atoms with Crippen molar-refractivity contribution in [3.63, 3.8) is 0 Å².